The topological polar surface area (TPSA) is 12.0 Å². The van der Waals surface area contributed by atoms with Crippen LogP contribution < -0.4 is 5.32 Å². The van der Waals surface area contributed by atoms with Gasteiger partial charge in [0, 0.05) is 26.5 Å². The average Bonchev–Trinajstić information content (AvgIpc) is 2.67. The van der Waals surface area contributed by atoms with Crippen LogP contribution >= 0.6 is 55.0 Å². The molecule has 17 heavy (non-hydrogen) atoms. The lowest BCUT2D eigenvalue weighted by Crippen LogP contribution is -1.96. The lowest BCUT2D eigenvalue weighted by atomic mass is 10.3. The monoisotopic (exact) mass is 391 g/mol. The minimum atomic E-state index is 0.854. The van der Waals surface area contributed by atoms with Gasteiger partial charge in [-0.25, -0.2) is 0 Å². The van der Waals surface area contributed by atoms with Crippen LogP contribution in [-0.2, 0) is 6.54 Å². The summed E-state index contributed by atoms with van der Waals surface area (Å²) in [6.45, 7) is 0.854. The molecule has 1 aromatic carbocycles. The van der Waals surface area contributed by atoms with Crippen LogP contribution in [-0.4, -0.2) is 6.26 Å². The molecule has 2 rings (SSSR count). The van der Waals surface area contributed by atoms with E-state index in [4.69, 9.17) is 0 Å². The van der Waals surface area contributed by atoms with Gasteiger partial charge in [-0.1, -0.05) is 6.07 Å². The van der Waals surface area contributed by atoms with Gasteiger partial charge in [0.15, 0.2) is 0 Å². The molecule has 0 aliphatic rings. The average molecular weight is 393 g/mol. The Kier molecular flexibility index (Phi) is 4.97. The molecule has 1 N–H and O–H groups in total. The van der Waals surface area contributed by atoms with Crippen molar-refractivity contribution in [2.24, 2.45) is 0 Å². The molecule has 2 aromatic rings. The molecule has 90 valence electrons. The summed E-state index contributed by atoms with van der Waals surface area (Å²) in [5.74, 6) is 0. The smallest absolute Gasteiger partial charge is 0.0843 e. The molecule has 0 fully saturated rings. The van der Waals surface area contributed by atoms with Crippen LogP contribution in [0.15, 0.2) is 43.5 Å². The molecule has 0 atom stereocenters. The number of thioether (sulfide) groups is 1. The number of rotatable bonds is 4. The molecule has 0 unspecified atom stereocenters. The van der Waals surface area contributed by atoms with Crippen LogP contribution in [0.2, 0.25) is 0 Å². The summed E-state index contributed by atoms with van der Waals surface area (Å²) < 4.78 is 2.27. The minimum absolute atomic E-state index is 0.854. The minimum Gasteiger partial charge on any atom is -0.380 e. The Bertz CT molecular complexity index is 491. The molecule has 0 saturated heterocycles. The van der Waals surface area contributed by atoms with E-state index >= 15 is 0 Å². The van der Waals surface area contributed by atoms with E-state index in [-0.39, 0.29) is 0 Å². The summed E-state index contributed by atoms with van der Waals surface area (Å²) >= 11 is 10.5. The van der Waals surface area contributed by atoms with Crippen LogP contribution in [0.25, 0.3) is 0 Å². The van der Waals surface area contributed by atoms with Crippen molar-refractivity contribution in [1.82, 2.24) is 0 Å². The fraction of sp³-hybridized carbons (Fsp3) is 0.167. The van der Waals surface area contributed by atoms with E-state index < -0.39 is 0 Å². The van der Waals surface area contributed by atoms with Crippen molar-refractivity contribution in [3.63, 3.8) is 0 Å². The number of benzene rings is 1. The number of hydrogen-bond acceptors (Lipinski definition) is 3. The van der Waals surface area contributed by atoms with Crippen LogP contribution in [0.3, 0.4) is 0 Å². The summed E-state index contributed by atoms with van der Waals surface area (Å²) in [4.78, 5) is 2.59. The molecule has 0 amide bonds. The van der Waals surface area contributed by atoms with E-state index in [9.17, 15) is 0 Å². The second kappa shape index (κ2) is 6.27. The van der Waals surface area contributed by atoms with Crippen molar-refractivity contribution in [3.8, 4) is 0 Å². The fourth-order valence-electron chi connectivity index (χ4n) is 1.40. The Labute approximate surface area is 126 Å². The van der Waals surface area contributed by atoms with E-state index in [1.165, 1.54) is 9.77 Å². The lowest BCUT2D eigenvalue weighted by Gasteiger charge is -2.05. The Hall–Kier alpha value is 0.0300. The molecule has 0 radical (unpaired) electrons. The first-order valence-electron chi connectivity index (χ1n) is 5.00. The maximum absolute atomic E-state index is 3.51. The molecule has 0 bridgehead atoms. The van der Waals surface area contributed by atoms with Crippen LogP contribution in [0.5, 0.6) is 0 Å². The second-order valence-corrected chi connectivity index (χ2v) is 7.61. The van der Waals surface area contributed by atoms with Gasteiger partial charge in [0.2, 0.25) is 0 Å². The van der Waals surface area contributed by atoms with E-state index in [2.05, 4.69) is 73.8 Å². The van der Waals surface area contributed by atoms with Crippen molar-refractivity contribution >= 4 is 60.6 Å². The summed E-state index contributed by atoms with van der Waals surface area (Å²) in [5.41, 5.74) is 1.16. The van der Waals surface area contributed by atoms with Crippen molar-refractivity contribution in [1.29, 1.82) is 0 Å². The van der Waals surface area contributed by atoms with Gasteiger partial charge in [0.05, 0.1) is 3.79 Å². The third kappa shape index (κ3) is 3.74. The van der Waals surface area contributed by atoms with Crippen molar-refractivity contribution in [2.75, 3.05) is 11.6 Å². The number of anilines is 1. The maximum atomic E-state index is 3.51. The van der Waals surface area contributed by atoms with Crippen molar-refractivity contribution in [3.05, 3.63) is 43.5 Å². The SMILES string of the molecule is CSc1cccc(NCc2cc(Br)c(Br)s2)c1. The molecule has 0 spiro atoms. The first kappa shape index (κ1) is 13.5. The van der Waals surface area contributed by atoms with E-state index in [1.54, 1.807) is 23.1 Å². The second-order valence-electron chi connectivity index (χ2n) is 3.42. The zero-order chi connectivity index (χ0) is 12.3. The van der Waals surface area contributed by atoms with E-state index in [1.807, 2.05) is 0 Å². The number of nitrogens with one attached hydrogen (secondary N) is 1. The van der Waals surface area contributed by atoms with Crippen molar-refractivity contribution in [2.45, 2.75) is 11.4 Å². The van der Waals surface area contributed by atoms with Crippen LogP contribution in [0.4, 0.5) is 5.69 Å². The predicted octanol–water partition coefficient (Wildman–Crippen LogP) is 5.61. The molecule has 1 aromatic heterocycles. The largest absolute Gasteiger partial charge is 0.380 e. The predicted molar refractivity (Wildman–Crippen MR) is 85.3 cm³/mol. The Morgan fingerprint density at radius 1 is 1.29 bits per heavy atom. The Morgan fingerprint density at radius 3 is 2.76 bits per heavy atom. The summed E-state index contributed by atoms with van der Waals surface area (Å²) in [6.07, 6.45) is 2.09. The number of thiophene rings is 1. The first-order valence-corrected chi connectivity index (χ1v) is 8.63. The van der Waals surface area contributed by atoms with Gasteiger partial charge in [-0.3, -0.25) is 0 Å². The Morgan fingerprint density at radius 2 is 2.12 bits per heavy atom. The molecule has 0 aliphatic carbocycles. The highest BCUT2D eigenvalue weighted by molar-refractivity contribution is 9.13. The normalized spacial score (nSPS) is 10.5. The standard InChI is InChI=1S/C12H11Br2NS2/c1-16-9-4-2-3-8(5-9)15-7-10-6-11(13)12(14)17-10/h2-6,15H,7H2,1H3. The van der Waals surface area contributed by atoms with Gasteiger partial charge in [-0.2, -0.15) is 0 Å². The molecule has 5 heteroatoms. The van der Waals surface area contributed by atoms with Crippen LogP contribution in [0, 0.1) is 0 Å². The van der Waals surface area contributed by atoms with Crippen molar-refractivity contribution < 1.29 is 0 Å². The highest BCUT2D eigenvalue weighted by Gasteiger charge is 2.03. The summed E-state index contributed by atoms with van der Waals surface area (Å²) in [5, 5.41) is 3.43. The zero-order valence-corrected chi connectivity index (χ0v) is 14.0. The third-order valence-corrected chi connectivity index (χ3v) is 6.21. The first-order chi connectivity index (χ1) is 8.19. The van der Waals surface area contributed by atoms with Gasteiger partial charge >= 0.3 is 0 Å². The third-order valence-electron chi connectivity index (χ3n) is 2.23. The van der Waals surface area contributed by atoms with Gasteiger partial charge in [-0.15, -0.1) is 23.1 Å². The molecule has 1 heterocycles. The zero-order valence-electron chi connectivity index (χ0n) is 9.17. The van der Waals surface area contributed by atoms with Crippen LogP contribution in [0.1, 0.15) is 4.88 Å². The quantitative estimate of drug-likeness (QED) is 0.678. The number of halogens is 2. The van der Waals surface area contributed by atoms with E-state index in [0.29, 0.717) is 0 Å². The van der Waals surface area contributed by atoms with Gasteiger partial charge in [0.25, 0.3) is 0 Å². The van der Waals surface area contributed by atoms with Gasteiger partial charge in [0.1, 0.15) is 0 Å². The maximum Gasteiger partial charge on any atom is 0.0843 e. The van der Waals surface area contributed by atoms with Gasteiger partial charge < -0.3 is 5.32 Å². The molecule has 0 saturated carbocycles. The summed E-state index contributed by atoms with van der Waals surface area (Å²) in [6, 6.07) is 10.6. The fourth-order valence-corrected chi connectivity index (χ4v) is 3.98. The van der Waals surface area contributed by atoms with E-state index in [0.717, 1.165) is 20.5 Å². The summed E-state index contributed by atoms with van der Waals surface area (Å²) in [7, 11) is 0. The number of hydrogen-bond donors (Lipinski definition) is 1. The molecular formula is C12H11Br2NS2. The van der Waals surface area contributed by atoms with Gasteiger partial charge in [-0.05, 0) is 62.4 Å². The highest BCUT2D eigenvalue weighted by Crippen LogP contribution is 2.32. The highest BCUT2D eigenvalue weighted by atomic mass is 79.9. The lowest BCUT2D eigenvalue weighted by molar-refractivity contribution is 1.18. The molecule has 1 nitrogen and oxygen atoms in total. The Balaban J connectivity index is 2.01. The molecular weight excluding hydrogens is 382 g/mol. The molecule has 0 aliphatic heterocycles.